The molecule has 0 atom stereocenters. The maximum absolute atomic E-state index is 6.34. The predicted octanol–water partition coefficient (Wildman–Crippen LogP) is 15.6. The Bertz CT molecular complexity index is 3220. The van der Waals surface area contributed by atoms with Crippen LogP contribution < -0.4 is 4.90 Å². The van der Waals surface area contributed by atoms with Gasteiger partial charge in [-0.3, -0.25) is 0 Å². The Balaban J connectivity index is 1.16. The molecule has 9 aromatic carbocycles. The molecule has 55 heavy (non-hydrogen) atoms. The maximum Gasteiger partial charge on any atom is 0.136 e. The largest absolute Gasteiger partial charge is 0.456 e. The number of nitrogens with zero attached hydrogens (tertiary/aromatic N) is 1. The molecule has 11 aromatic rings. The molecule has 0 aliphatic heterocycles. The Labute approximate surface area is 322 Å². The molecule has 0 radical (unpaired) electrons. The zero-order valence-electron chi connectivity index (χ0n) is 29.8. The summed E-state index contributed by atoms with van der Waals surface area (Å²) in [5.74, 6) is 0. The van der Waals surface area contributed by atoms with Crippen molar-refractivity contribution in [2.45, 2.75) is 0 Å². The second kappa shape index (κ2) is 12.9. The minimum Gasteiger partial charge on any atom is -0.456 e. The van der Waals surface area contributed by atoms with Crippen LogP contribution in [0.15, 0.2) is 205 Å². The quantitative estimate of drug-likeness (QED) is 0.170. The fourth-order valence-electron chi connectivity index (χ4n) is 8.23. The van der Waals surface area contributed by atoms with E-state index in [0.29, 0.717) is 0 Å². The van der Waals surface area contributed by atoms with Crippen LogP contribution in [0, 0.1) is 0 Å². The van der Waals surface area contributed by atoms with E-state index in [0.717, 1.165) is 55.7 Å². The van der Waals surface area contributed by atoms with Gasteiger partial charge in [-0.15, -0.1) is 11.3 Å². The average molecular weight is 720 g/mol. The molecule has 3 heteroatoms. The summed E-state index contributed by atoms with van der Waals surface area (Å²) in [5.41, 5.74) is 12.0. The molecule has 0 saturated heterocycles. The van der Waals surface area contributed by atoms with Crippen LogP contribution in [0.25, 0.3) is 86.3 Å². The number of hydrogen-bond acceptors (Lipinski definition) is 3. The molecule has 2 nitrogen and oxygen atoms in total. The van der Waals surface area contributed by atoms with Crippen LogP contribution >= 0.6 is 11.3 Å². The van der Waals surface area contributed by atoms with Gasteiger partial charge < -0.3 is 9.32 Å². The lowest BCUT2D eigenvalue weighted by atomic mass is 9.94. The third kappa shape index (κ3) is 5.40. The lowest BCUT2D eigenvalue weighted by molar-refractivity contribution is 0.669. The van der Waals surface area contributed by atoms with Crippen molar-refractivity contribution in [3.05, 3.63) is 200 Å². The first-order valence-electron chi connectivity index (χ1n) is 18.7. The number of para-hydroxylation sites is 1. The highest BCUT2D eigenvalue weighted by molar-refractivity contribution is 7.25. The predicted molar refractivity (Wildman–Crippen MR) is 235 cm³/mol. The smallest absolute Gasteiger partial charge is 0.136 e. The van der Waals surface area contributed by atoms with E-state index >= 15 is 0 Å². The molecule has 2 aromatic heterocycles. The third-order valence-corrected chi connectivity index (χ3v) is 12.0. The van der Waals surface area contributed by atoms with Crippen LogP contribution in [0.1, 0.15) is 0 Å². The number of hydrogen-bond donors (Lipinski definition) is 0. The SMILES string of the molecule is c1ccc(-c2ccc(-c3cccc4ccccc34)cc2N(c2cccc(-c3ccc4c(c3)oc3ccccc34)c2)c2ccc3sc4ccccc4c3c2)cc1. The van der Waals surface area contributed by atoms with Crippen molar-refractivity contribution >= 4 is 81.3 Å². The monoisotopic (exact) mass is 719 g/mol. The molecule has 0 unspecified atom stereocenters. The van der Waals surface area contributed by atoms with Gasteiger partial charge in [0.2, 0.25) is 0 Å². The molecular weight excluding hydrogens is 687 g/mol. The first kappa shape index (κ1) is 31.6. The number of fused-ring (bicyclic) bond motifs is 7. The lowest BCUT2D eigenvalue weighted by Crippen LogP contribution is -2.11. The molecule has 0 amide bonds. The standard InChI is InChI=1S/C52H33NOS/c1-2-12-35(13-3-1)43-27-25-38(42-21-11-15-34-14-4-5-18-41(34)42)31-48(43)53(40-26-29-52-47(33-40)46-20-7-9-23-51(46)55-52)39-17-10-16-36(30-39)37-24-28-45-44-19-6-8-22-49(44)54-50(45)32-37/h1-33H. The first-order valence-corrected chi connectivity index (χ1v) is 19.5. The van der Waals surface area contributed by atoms with Gasteiger partial charge in [-0.1, -0.05) is 140 Å². The van der Waals surface area contributed by atoms with Crippen LogP contribution in [0.5, 0.6) is 0 Å². The van der Waals surface area contributed by atoms with E-state index in [1.807, 2.05) is 23.5 Å². The van der Waals surface area contributed by atoms with Gasteiger partial charge >= 0.3 is 0 Å². The minimum absolute atomic E-state index is 0.893. The number of furan rings is 1. The molecule has 0 bridgehead atoms. The van der Waals surface area contributed by atoms with E-state index in [2.05, 4.69) is 193 Å². The van der Waals surface area contributed by atoms with Crippen molar-refractivity contribution < 1.29 is 4.42 Å². The van der Waals surface area contributed by atoms with Gasteiger partial charge in [0.05, 0.1) is 5.69 Å². The Hall–Kier alpha value is -6.94. The highest BCUT2D eigenvalue weighted by Crippen LogP contribution is 2.46. The topological polar surface area (TPSA) is 16.4 Å². The fourth-order valence-corrected chi connectivity index (χ4v) is 9.32. The Morgan fingerprint density at radius 2 is 1.02 bits per heavy atom. The molecule has 0 N–H and O–H groups in total. The maximum atomic E-state index is 6.34. The van der Waals surface area contributed by atoms with Gasteiger partial charge in [0.25, 0.3) is 0 Å². The molecule has 258 valence electrons. The van der Waals surface area contributed by atoms with Crippen molar-refractivity contribution in [1.82, 2.24) is 0 Å². The summed E-state index contributed by atoms with van der Waals surface area (Å²) >= 11 is 1.85. The van der Waals surface area contributed by atoms with Gasteiger partial charge in [0.1, 0.15) is 11.2 Å². The van der Waals surface area contributed by atoms with Crippen LogP contribution in [0.4, 0.5) is 17.1 Å². The molecule has 0 aliphatic rings. The minimum atomic E-state index is 0.893. The van der Waals surface area contributed by atoms with Gasteiger partial charge in [-0.05, 0) is 99.3 Å². The summed E-state index contributed by atoms with van der Waals surface area (Å²) in [6.45, 7) is 0. The molecular formula is C52H33NOS. The van der Waals surface area contributed by atoms with Crippen LogP contribution in [0.3, 0.4) is 0 Å². The Morgan fingerprint density at radius 3 is 1.95 bits per heavy atom. The summed E-state index contributed by atoms with van der Waals surface area (Å²) in [6.07, 6.45) is 0. The van der Waals surface area contributed by atoms with Crippen molar-refractivity contribution in [1.29, 1.82) is 0 Å². The van der Waals surface area contributed by atoms with Gasteiger partial charge in [0.15, 0.2) is 0 Å². The van der Waals surface area contributed by atoms with E-state index < -0.39 is 0 Å². The average Bonchev–Trinajstić information content (AvgIpc) is 3.82. The zero-order chi connectivity index (χ0) is 36.3. The number of benzene rings is 9. The summed E-state index contributed by atoms with van der Waals surface area (Å²) in [5, 5.41) is 7.29. The van der Waals surface area contributed by atoms with E-state index in [9.17, 15) is 0 Å². The van der Waals surface area contributed by atoms with E-state index in [-0.39, 0.29) is 0 Å². The van der Waals surface area contributed by atoms with Crippen molar-refractivity contribution in [3.8, 4) is 33.4 Å². The second-order valence-electron chi connectivity index (χ2n) is 14.1. The van der Waals surface area contributed by atoms with Crippen molar-refractivity contribution in [2.75, 3.05) is 4.90 Å². The fraction of sp³-hybridized carbons (Fsp3) is 0. The summed E-state index contributed by atoms with van der Waals surface area (Å²) in [6, 6.07) is 72.4. The second-order valence-corrected chi connectivity index (χ2v) is 15.2. The highest BCUT2D eigenvalue weighted by Gasteiger charge is 2.21. The van der Waals surface area contributed by atoms with E-state index in [1.165, 1.54) is 47.6 Å². The number of thiophene rings is 1. The van der Waals surface area contributed by atoms with Crippen molar-refractivity contribution in [3.63, 3.8) is 0 Å². The number of rotatable bonds is 6. The first-order chi connectivity index (χ1) is 27.2. The van der Waals surface area contributed by atoms with E-state index in [1.54, 1.807) is 0 Å². The third-order valence-electron chi connectivity index (χ3n) is 10.9. The van der Waals surface area contributed by atoms with Crippen LogP contribution in [0.2, 0.25) is 0 Å². The Kier molecular flexibility index (Phi) is 7.39. The van der Waals surface area contributed by atoms with Crippen LogP contribution in [-0.4, -0.2) is 0 Å². The molecule has 0 fully saturated rings. The summed E-state index contributed by atoms with van der Waals surface area (Å²) < 4.78 is 8.92. The molecule has 0 aliphatic carbocycles. The normalized spacial score (nSPS) is 11.6. The van der Waals surface area contributed by atoms with Gasteiger partial charge in [0, 0.05) is 47.9 Å². The lowest BCUT2D eigenvalue weighted by Gasteiger charge is -2.29. The van der Waals surface area contributed by atoms with Gasteiger partial charge in [-0.2, -0.15) is 0 Å². The summed E-state index contributed by atoms with van der Waals surface area (Å²) in [7, 11) is 0. The molecule has 0 spiro atoms. The van der Waals surface area contributed by atoms with E-state index in [4.69, 9.17) is 4.42 Å². The van der Waals surface area contributed by atoms with Gasteiger partial charge in [-0.25, -0.2) is 0 Å². The Morgan fingerprint density at radius 1 is 0.345 bits per heavy atom. The van der Waals surface area contributed by atoms with Crippen LogP contribution in [-0.2, 0) is 0 Å². The highest BCUT2D eigenvalue weighted by atomic mass is 32.1. The summed E-state index contributed by atoms with van der Waals surface area (Å²) in [4.78, 5) is 2.45. The van der Waals surface area contributed by atoms with Crippen molar-refractivity contribution in [2.24, 2.45) is 0 Å². The molecule has 2 heterocycles. The zero-order valence-corrected chi connectivity index (χ0v) is 30.6. The number of anilines is 3. The molecule has 11 rings (SSSR count). The molecule has 0 saturated carbocycles.